The molecular weight excluding hydrogens is 310 g/mol. The zero-order chi connectivity index (χ0) is 16.2. The lowest BCUT2D eigenvalue weighted by molar-refractivity contribution is -0.127. The fourth-order valence-electron chi connectivity index (χ4n) is 2.95. The molecule has 5 heteroatoms. The molecule has 1 aliphatic rings. The quantitative estimate of drug-likeness (QED) is 0.808. The highest BCUT2D eigenvalue weighted by atomic mass is 35.5. The average molecular weight is 330 g/mol. The average Bonchev–Trinajstić information content (AvgIpc) is 3.00. The van der Waals surface area contributed by atoms with Crippen molar-refractivity contribution >= 4 is 23.6 Å². The lowest BCUT2D eigenvalue weighted by Crippen LogP contribution is -2.38. The monoisotopic (exact) mass is 329 g/mol. The zero-order valence-electron chi connectivity index (χ0n) is 13.2. The number of amides is 1. The van der Waals surface area contributed by atoms with Gasteiger partial charge in [-0.1, -0.05) is 29.8 Å². The number of piperidine rings is 1. The Balaban J connectivity index is 1.66. The van der Waals surface area contributed by atoms with Crippen molar-refractivity contribution in [2.45, 2.75) is 18.8 Å². The molecule has 1 aromatic heterocycles. The molecule has 120 valence electrons. The van der Waals surface area contributed by atoms with Crippen molar-refractivity contribution < 1.29 is 4.79 Å². The van der Waals surface area contributed by atoms with Crippen LogP contribution < -0.4 is 0 Å². The summed E-state index contributed by atoms with van der Waals surface area (Å²) in [6.45, 7) is 1.53. The van der Waals surface area contributed by atoms with Crippen LogP contribution in [0.4, 0.5) is 0 Å². The minimum absolute atomic E-state index is 0.0329. The molecule has 0 aliphatic carbocycles. The van der Waals surface area contributed by atoms with Gasteiger partial charge in [0.05, 0.1) is 5.69 Å². The van der Waals surface area contributed by atoms with Crippen molar-refractivity contribution in [1.29, 1.82) is 0 Å². The molecule has 0 radical (unpaired) electrons. The third-order valence-corrected chi connectivity index (χ3v) is 4.54. The summed E-state index contributed by atoms with van der Waals surface area (Å²) in [5.74, 6) is 0.355. The van der Waals surface area contributed by atoms with Crippen LogP contribution in [-0.4, -0.2) is 33.7 Å². The largest absolute Gasteiger partial charge is 0.338 e. The molecule has 4 nitrogen and oxygen atoms in total. The van der Waals surface area contributed by atoms with Gasteiger partial charge < -0.3 is 4.90 Å². The summed E-state index contributed by atoms with van der Waals surface area (Å²) in [6.07, 6.45) is 7.44. The van der Waals surface area contributed by atoms with Gasteiger partial charge in [0.15, 0.2) is 0 Å². The Hall–Kier alpha value is -2.07. The SMILES string of the molecule is Cn1ccc(C2CCCN(C(=O)C=Cc3ccccc3Cl)C2)n1. The minimum Gasteiger partial charge on any atom is -0.338 e. The Morgan fingerprint density at radius 2 is 2.17 bits per heavy atom. The van der Waals surface area contributed by atoms with Crippen LogP contribution in [0.2, 0.25) is 5.02 Å². The number of benzene rings is 1. The smallest absolute Gasteiger partial charge is 0.246 e. The summed E-state index contributed by atoms with van der Waals surface area (Å²) >= 11 is 6.11. The summed E-state index contributed by atoms with van der Waals surface area (Å²) in [7, 11) is 1.92. The molecule has 0 spiro atoms. The van der Waals surface area contributed by atoms with Gasteiger partial charge >= 0.3 is 0 Å². The second kappa shape index (κ2) is 7.01. The van der Waals surface area contributed by atoms with Gasteiger partial charge in [0.2, 0.25) is 5.91 Å². The van der Waals surface area contributed by atoms with Crippen molar-refractivity contribution in [3.63, 3.8) is 0 Å². The van der Waals surface area contributed by atoms with E-state index in [4.69, 9.17) is 11.6 Å². The summed E-state index contributed by atoms with van der Waals surface area (Å²) in [5.41, 5.74) is 1.93. The Morgan fingerprint density at radius 1 is 1.35 bits per heavy atom. The van der Waals surface area contributed by atoms with Crippen molar-refractivity contribution in [2.75, 3.05) is 13.1 Å². The van der Waals surface area contributed by atoms with Gasteiger partial charge in [-0.05, 0) is 36.6 Å². The molecular formula is C18H20ClN3O. The number of hydrogen-bond donors (Lipinski definition) is 0. The van der Waals surface area contributed by atoms with E-state index in [1.807, 2.05) is 53.2 Å². The number of nitrogens with zero attached hydrogens (tertiary/aromatic N) is 3. The first-order valence-electron chi connectivity index (χ1n) is 7.84. The maximum Gasteiger partial charge on any atom is 0.246 e. The van der Waals surface area contributed by atoms with Gasteiger partial charge in [0.25, 0.3) is 0 Å². The van der Waals surface area contributed by atoms with Crippen LogP contribution in [0.3, 0.4) is 0 Å². The Kier molecular flexibility index (Phi) is 4.82. The van der Waals surface area contributed by atoms with E-state index in [0.29, 0.717) is 10.9 Å². The van der Waals surface area contributed by atoms with Crippen LogP contribution in [0.15, 0.2) is 42.6 Å². The van der Waals surface area contributed by atoms with E-state index in [2.05, 4.69) is 5.10 Å². The van der Waals surface area contributed by atoms with Gasteiger partial charge in [-0.3, -0.25) is 9.48 Å². The number of aromatic nitrogens is 2. The molecule has 1 aliphatic heterocycles. The van der Waals surface area contributed by atoms with Crippen molar-refractivity contribution in [3.05, 3.63) is 58.9 Å². The molecule has 0 bridgehead atoms. The molecule has 1 saturated heterocycles. The van der Waals surface area contributed by atoms with E-state index in [9.17, 15) is 4.79 Å². The fourth-order valence-corrected chi connectivity index (χ4v) is 3.14. The lowest BCUT2D eigenvalue weighted by Gasteiger charge is -2.31. The van der Waals surface area contributed by atoms with Crippen LogP contribution >= 0.6 is 11.6 Å². The van der Waals surface area contributed by atoms with Crippen molar-refractivity contribution in [3.8, 4) is 0 Å². The molecule has 1 fully saturated rings. The maximum atomic E-state index is 12.4. The van der Waals surface area contributed by atoms with Gasteiger partial charge in [-0.2, -0.15) is 5.10 Å². The van der Waals surface area contributed by atoms with E-state index in [0.717, 1.165) is 37.2 Å². The summed E-state index contributed by atoms with van der Waals surface area (Å²) in [4.78, 5) is 14.3. The third-order valence-electron chi connectivity index (χ3n) is 4.20. The van der Waals surface area contributed by atoms with E-state index < -0.39 is 0 Å². The molecule has 2 heterocycles. The number of rotatable bonds is 3. The molecule has 3 rings (SSSR count). The topological polar surface area (TPSA) is 38.1 Å². The van der Waals surface area contributed by atoms with Gasteiger partial charge in [0.1, 0.15) is 0 Å². The highest BCUT2D eigenvalue weighted by Gasteiger charge is 2.25. The normalized spacial score (nSPS) is 18.5. The van der Waals surface area contributed by atoms with E-state index in [1.165, 1.54) is 0 Å². The predicted molar refractivity (Wildman–Crippen MR) is 92.2 cm³/mol. The Morgan fingerprint density at radius 3 is 2.91 bits per heavy atom. The molecule has 2 aromatic rings. The first-order chi connectivity index (χ1) is 11.1. The Bertz CT molecular complexity index is 723. The fraction of sp³-hybridized carbons (Fsp3) is 0.333. The highest BCUT2D eigenvalue weighted by molar-refractivity contribution is 6.32. The first kappa shape index (κ1) is 15.8. The summed E-state index contributed by atoms with van der Waals surface area (Å²) in [6, 6.07) is 9.55. The molecule has 0 N–H and O–H groups in total. The highest BCUT2D eigenvalue weighted by Crippen LogP contribution is 2.26. The van der Waals surface area contributed by atoms with E-state index >= 15 is 0 Å². The molecule has 1 atom stereocenters. The molecule has 1 amide bonds. The van der Waals surface area contributed by atoms with Crippen LogP contribution in [0.5, 0.6) is 0 Å². The van der Waals surface area contributed by atoms with E-state index in [1.54, 1.807) is 12.2 Å². The van der Waals surface area contributed by atoms with Crippen LogP contribution in [0, 0.1) is 0 Å². The van der Waals surface area contributed by atoms with Crippen LogP contribution in [-0.2, 0) is 11.8 Å². The maximum absolute atomic E-state index is 12.4. The molecule has 1 unspecified atom stereocenters. The Labute approximate surface area is 141 Å². The van der Waals surface area contributed by atoms with Crippen LogP contribution in [0.1, 0.15) is 30.0 Å². The van der Waals surface area contributed by atoms with Crippen molar-refractivity contribution in [2.24, 2.45) is 7.05 Å². The molecule has 23 heavy (non-hydrogen) atoms. The zero-order valence-corrected chi connectivity index (χ0v) is 13.9. The molecule has 1 aromatic carbocycles. The van der Waals surface area contributed by atoms with Gasteiger partial charge in [0, 0.05) is 43.4 Å². The molecule has 0 saturated carbocycles. The number of carbonyl (C=O) groups excluding carboxylic acids is 1. The second-order valence-electron chi connectivity index (χ2n) is 5.89. The second-order valence-corrected chi connectivity index (χ2v) is 6.30. The number of likely N-dealkylation sites (tertiary alicyclic amines) is 1. The predicted octanol–water partition coefficient (Wildman–Crippen LogP) is 3.49. The van der Waals surface area contributed by atoms with E-state index in [-0.39, 0.29) is 5.91 Å². The number of halogens is 1. The standard InChI is InChI=1S/C18H20ClN3O/c1-21-12-10-17(20-21)15-6-4-11-22(13-15)18(23)9-8-14-5-2-3-7-16(14)19/h2-3,5,7-10,12,15H,4,6,11,13H2,1H3. The number of hydrogen-bond acceptors (Lipinski definition) is 2. The number of aryl methyl sites for hydroxylation is 1. The minimum atomic E-state index is 0.0329. The summed E-state index contributed by atoms with van der Waals surface area (Å²) < 4.78 is 1.81. The number of carbonyl (C=O) groups is 1. The lowest BCUT2D eigenvalue weighted by atomic mass is 9.95. The van der Waals surface area contributed by atoms with Crippen LogP contribution in [0.25, 0.3) is 6.08 Å². The first-order valence-corrected chi connectivity index (χ1v) is 8.22. The van der Waals surface area contributed by atoms with Crippen molar-refractivity contribution in [1.82, 2.24) is 14.7 Å². The summed E-state index contributed by atoms with van der Waals surface area (Å²) in [5, 5.41) is 5.13. The van der Waals surface area contributed by atoms with Gasteiger partial charge in [-0.25, -0.2) is 0 Å². The van der Waals surface area contributed by atoms with Gasteiger partial charge in [-0.15, -0.1) is 0 Å². The third kappa shape index (κ3) is 3.82.